The minimum Gasteiger partial charge on any atom is -0.389 e. The molecular weight excluding hydrogens is 150 g/mol. The van der Waals surface area contributed by atoms with Crippen molar-refractivity contribution < 1.29 is 4.79 Å². The first-order valence-electron chi connectivity index (χ1n) is 4.66. The molecule has 0 unspecified atom stereocenters. The molecule has 70 valence electrons. The second-order valence-electron chi connectivity index (χ2n) is 2.94. The number of carbonyl (C=O) groups is 1. The van der Waals surface area contributed by atoms with Crippen molar-refractivity contribution in [1.82, 2.24) is 5.32 Å². The topological polar surface area (TPSA) is 29.1 Å². The number of allylic oxidation sites excluding steroid dienone is 1. The number of unbranched alkanes of at least 4 members (excludes halogenated alkanes) is 2. The molecule has 0 saturated heterocycles. The van der Waals surface area contributed by atoms with Crippen molar-refractivity contribution in [2.75, 3.05) is 6.54 Å². The van der Waals surface area contributed by atoms with E-state index in [0.29, 0.717) is 6.42 Å². The standard InChI is InChI=1S/C10H19NO/c1-3-8-11-10(2)7-5-4-6-9-12/h9,11H,2-8H2,1H3. The number of hydrogen-bond acceptors (Lipinski definition) is 2. The van der Waals surface area contributed by atoms with Gasteiger partial charge in [0.2, 0.25) is 0 Å². The predicted octanol–water partition coefficient (Wildman–Crippen LogP) is 2.26. The molecule has 0 radical (unpaired) electrons. The van der Waals surface area contributed by atoms with Crippen molar-refractivity contribution in [1.29, 1.82) is 0 Å². The summed E-state index contributed by atoms with van der Waals surface area (Å²) in [4.78, 5) is 9.98. The maximum absolute atomic E-state index is 9.98. The Kier molecular flexibility index (Phi) is 7.76. The molecule has 1 N–H and O–H groups in total. The van der Waals surface area contributed by atoms with Gasteiger partial charge >= 0.3 is 0 Å². The van der Waals surface area contributed by atoms with Gasteiger partial charge in [-0.3, -0.25) is 0 Å². The Hall–Kier alpha value is -0.790. The molecule has 0 amide bonds. The summed E-state index contributed by atoms with van der Waals surface area (Å²) >= 11 is 0. The lowest BCUT2D eigenvalue weighted by Crippen LogP contribution is -2.12. The van der Waals surface area contributed by atoms with Crippen molar-refractivity contribution in [3.8, 4) is 0 Å². The van der Waals surface area contributed by atoms with E-state index >= 15 is 0 Å². The molecule has 12 heavy (non-hydrogen) atoms. The van der Waals surface area contributed by atoms with Gasteiger partial charge in [0.25, 0.3) is 0 Å². The van der Waals surface area contributed by atoms with Crippen LogP contribution in [0.3, 0.4) is 0 Å². The number of rotatable bonds is 8. The zero-order chi connectivity index (χ0) is 9.23. The van der Waals surface area contributed by atoms with Gasteiger partial charge in [0.1, 0.15) is 6.29 Å². The number of aldehydes is 1. The van der Waals surface area contributed by atoms with Crippen LogP contribution in [-0.4, -0.2) is 12.8 Å². The molecule has 0 aromatic carbocycles. The Morgan fingerprint density at radius 3 is 2.83 bits per heavy atom. The molecule has 2 heteroatoms. The molecule has 0 atom stereocenters. The van der Waals surface area contributed by atoms with Gasteiger partial charge in [0, 0.05) is 18.7 Å². The first kappa shape index (κ1) is 11.2. The van der Waals surface area contributed by atoms with E-state index in [1.807, 2.05) is 0 Å². The highest BCUT2D eigenvalue weighted by atomic mass is 16.1. The highest BCUT2D eigenvalue weighted by Crippen LogP contribution is 2.03. The van der Waals surface area contributed by atoms with Crippen molar-refractivity contribution in [3.63, 3.8) is 0 Å². The van der Waals surface area contributed by atoms with E-state index in [1.54, 1.807) is 0 Å². The normalized spacial score (nSPS) is 9.42. The third-order valence-electron chi connectivity index (χ3n) is 1.68. The van der Waals surface area contributed by atoms with Crippen LogP contribution in [0.5, 0.6) is 0 Å². The summed E-state index contributed by atoms with van der Waals surface area (Å²) in [5.74, 6) is 0. The smallest absolute Gasteiger partial charge is 0.119 e. The minimum absolute atomic E-state index is 0.682. The molecule has 0 heterocycles. The zero-order valence-electron chi connectivity index (χ0n) is 7.94. The minimum atomic E-state index is 0.682. The Balaban J connectivity index is 3.13. The van der Waals surface area contributed by atoms with Gasteiger partial charge in [-0.2, -0.15) is 0 Å². The van der Waals surface area contributed by atoms with E-state index in [-0.39, 0.29) is 0 Å². The van der Waals surface area contributed by atoms with Gasteiger partial charge < -0.3 is 10.1 Å². The lowest BCUT2D eigenvalue weighted by Gasteiger charge is -2.06. The van der Waals surface area contributed by atoms with Gasteiger partial charge in [-0.25, -0.2) is 0 Å². The monoisotopic (exact) mass is 169 g/mol. The van der Waals surface area contributed by atoms with Crippen LogP contribution < -0.4 is 5.32 Å². The Morgan fingerprint density at radius 1 is 1.50 bits per heavy atom. The zero-order valence-corrected chi connectivity index (χ0v) is 7.94. The van der Waals surface area contributed by atoms with Crippen molar-refractivity contribution in [2.45, 2.75) is 39.0 Å². The fourth-order valence-corrected chi connectivity index (χ4v) is 0.956. The number of nitrogens with one attached hydrogen (secondary N) is 1. The first-order chi connectivity index (χ1) is 5.81. The Morgan fingerprint density at radius 2 is 2.25 bits per heavy atom. The van der Waals surface area contributed by atoms with Crippen LogP contribution in [0.2, 0.25) is 0 Å². The van der Waals surface area contributed by atoms with Crippen LogP contribution in [0.1, 0.15) is 39.0 Å². The van der Waals surface area contributed by atoms with Gasteiger partial charge in [-0.1, -0.05) is 13.5 Å². The van der Waals surface area contributed by atoms with Gasteiger partial charge in [-0.05, 0) is 25.7 Å². The third-order valence-corrected chi connectivity index (χ3v) is 1.68. The molecular formula is C10H19NO. The summed E-state index contributed by atoms with van der Waals surface area (Å²) in [6, 6.07) is 0. The lowest BCUT2D eigenvalue weighted by molar-refractivity contribution is -0.107. The van der Waals surface area contributed by atoms with Gasteiger partial charge in [0.15, 0.2) is 0 Å². The van der Waals surface area contributed by atoms with Crippen LogP contribution in [0.15, 0.2) is 12.3 Å². The average molecular weight is 169 g/mol. The van der Waals surface area contributed by atoms with E-state index in [2.05, 4.69) is 18.8 Å². The molecule has 0 aliphatic heterocycles. The lowest BCUT2D eigenvalue weighted by atomic mass is 10.2. The van der Waals surface area contributed by atoms with Crippen molar-refractivity contribution in [2.24, 2.45) is 0 Å². The highest BCUT2D eigenvalue weighted by Gasteiger charge is 1.92. The maximum atomic E-state index is 9.98. The molecule has 0 aromatic heterocycles. The van der Waals surface area contributed by atoms with Gasteiger partial charge in [-0.15, -0.1) is 0 Å². The average Bonchev–Trinajstić information content (AvgIpc) is 2.09. The Labute approximate surface area is 75.0 Å². The molecule has 2 nitrogen and oxygen atoms in total. The van der Waals surface area contributed by atoms with Crippen LogP contribution in [-0.2, 0) is 4.79 Å². The van der Waals surface area contributed by atoms with Crippen LogP contribution in [0, 0.1) is 0 Å². The van der Waals surface area contributed by atoms with Crippen LogP contribution >= 0.6 is 0 Å². The molecule has 0 rings (SSSR count). The summed E-state index contributed by atoms with van der Waals surface area (Å²) in [7, 11) is 0. The summed E-state index contributed by atoms with van der Waals surface area (Å²) in [6.07, 6.45) is 5.83. The van der Waals surface area contributed by atoms with E-state index in [9.17, 15) is 4.79 Å². The van der Waals surface area contributed by atoms with Crippen LogP contribution in [0.25, 0.3) is 0 Å². The van der Waals surface area contributed by atoms with Crippen LogP contribution in [0.4, 0.5) is 0 Å². The molecule has 0 aliphatic rings. The molecule has 0 bridgehead atoms. The fourth-order valence-electron chi connectivity index (χ4n) is 0.956. The maximum Gasteiger partial charge on any atom is 0.119 e. The summed E-state index contributed by atoms with van der Waals surface area (Å²) < 4.78 is 0. The van der Waals surface area contributed by atoms with E-state index in [1.165, 1.54) is 0 Å². The number of hydrogen-bond donors (Lipinski definition) is 1. The van der Waals surface area contributed by atoms with E-state index in [0.717, 1.165) is 44.2 Å². The molecule has 0 aromatic rings. The molecule has 0 spiro atoms. The Bertz CT molecular complexity index is 132. The summed E-state index contributed by atoms with van der Waals surface area (Å²) in [5.41, 5.74) is 1.10. The fraction of sp³-hybridized carbons (Fsp3) is 0.700. The van der Waals surface area contributed by atoms with E-state index < -0.39 is 0 Å². The van der Waals surface area contributed by atoms with E-state index in [4.69, 9.17) is 0 Å². The second-order valence-corrected chi connectivity index (χ2v) is 2.94. The summed E-state index contributed by atoms with van der Waals surface area (Å²) in [5, 5.41) is 3.23. The third kappa shape index (κ3) is 7.32. The molecule has 0 fully saturated rings. The second kappa shape index (κ2) is 8.31. The SMILES string of the molecule is C=C(CCCCC=O)NCCC. The van der Waals surface area contributed by atoms with Crippen molar-refractivity contribution in [3.05, 3.63) is 12.3 Å². The van der Waals surface area contributed by atoms with Gasteiger partial charge in [0.05, 0.1) is 0 Å². The summed E-state index contributed by atoms with van der Waals surface area (Å²) in [6.45, 7) is 7.03. The predicted molar refractivity (Wildman–Crippen MR) is 52.0 cm³/mol. The number of carbonyl (C=O) groups excluding carboxylic acids is 1. The largest absolute Gasteiger partial charge is 0.389 e. The molecule has 0 aliphatic carbocycles. The first-order valence-corrected chi connectivity index (χ1v) is 4.66. The molecule has 0 saturated carbocycles. The quantitative estimate of drug-likeness (QED) is 0.446. The van der Waals surface area contributed by atoms with Crippen molar-refractivity contribution >= 4 is 6.29 Å². The highest BCUT2D eigenvalue weighted by molar-refractivity contribution is 5.48.